The second-order valence-corrected chi connectivity index (χ2v) is 5.95. The Morgan fingerprint density at radius 3 is 2.45 bits per heavy atom. The van der Waals surface area contributed by atoms with Crippen LogP contribution in [0.25, 0.3) is 33.3 Å². The molecule has 2 aliphatic rings. The number of halogens is 1. The summed E-state index contributed by atoms with van der Waals surface area (Å²) in [4.78, 5) is 11.3. The molecule has 0 aromatic heterocycles. The van der Waals surface area contributed by atoms with Crippen LogP contribution in [0.5, 0.6) is 0 Å². The Kier molecular flexibility index (Phi) is 3.01. The van der Waals surface area contributed by atoms with Crippen LogP contribution in [0.3, 0.4) is 0 Å². The van der Waals surface area contributed by atoms with Gasteiger partial charge in [-0.05, 0) is 28.9 Å². The third kappa shape index (κ3) is 1.94. The summed E-state index contributed by atoms with van der Waals surface area (Å²) in [5, 5.41) is 12.5. The first-order chi connectivity index (χ1) is 10.8. The normalized spacial score (nSPS) is 11.1. The molecule has 0 saturated carbocycles. The summed E-state index contributed by atoms with van der Waals surface area (Å²) in [6.45, 7) is 0. The monoisotopic (exact) mass is 351 g/mol. The Morgan fingerprint density at radius 2 is 1.73 bits per heavy atom. The summed E-state index contributed by atoms with van der Waals surface area (Å²) in [6, 6.07) is 17.5. The van der Waals surface area contributed by atoms with Crippen LogP contribution in [0.1, 0.15) is 0 Å². The molecule has 1 aliphatic heterocycles. The van der Waals surface area contributed by atoms with E-state index in [0.29, 0.717) is 5.69 Å². The average molecular weight is 352 g/mol. The van der Waals surface area contributed by atoms with Gasteiger partial charge in [0.1, 0.15) is 11.4 Å². The molecular formula is C17H10BrN3O. The predicted octanol–water partition coefficient (Wildman–Crippen LogP) is 5.50. The summed E-state index contributed by atoms with van der Waals surface area (Å²) in [7, 11) is 0. The zero-order valence-corrected chi connectivity index (χ0v) is 13.0. The highest BCUT2D eigenvalue weighted by Crippen LogP contribution is 2.44. The lowest BCUT2D eigenvalue weighted by Gasteiger charge is -2.05. The Labute approximate surface area is 134 Å². The van der Waals surface area contributed by atoms with Gasteiger partial charge in [0, 0.05) is 20.8 Å². The largest absolute Gasteiger partial charge is 0.277 e. The van der Waals surface area contributed by atoms with Gasteiger partial charge in [-0.15, -0.1) is 4.91 Å². The van der Waals surface area contributed by atoms with Crippen LogP contribution in [0, 0.1) is 4.91 Å². The third-order valence-electron chi connectivity index (χ3n) is 3.77. The average Bonchev–Trinajstić information content (AvgIpc) is 2.88. The van der Waals surface area contributed by atoms with Gasteiger partial charge in [0.05, 0.1) is 5.69 Å². The molecule has 1 aliphatic carbocycles. The maximum absolute atomic E-state index is 11.3. The van der Waals surface area contributed by atoms with E-state index in [1.165, 1.54) is 0 Å². The number of benzene rings is 2. The standard InChI is InChI=1S/C17H10BrN3O/c18-11-7-5-10(6-8-11)15-9-14-16(20-19-15)12-3-1-2-4-13(12)17(14)21-22/h1-9,19H. The fraction of sp³-hybridized carbons (Fsp3) is 0. The van der Waals surface area contributed by atoms with E-state index >= 15 is 0 Å². The van der Waals surface area contributed by atoms with Crippen LogP contribution in [-0.2, 0) is 0 Å². The van der Waals surface area contributed by atoms with Gasteiger partial charge in [0.15, 0.2) is 0 Å². The van der Waals surface area contributed by atoms with Gasteiger partial charge in [-0.1, -0.05) is 52.3 Å². The first-order valence-corrected chi connectivity index (χ1v) is 7.56. The van der Waals surface area contributed by atoms with Gasteiger partial charge >= 0.3 is 0 Å². The minimum atomic E-state index is 0.450. The van der Waals surface area contributed by atoms with E-state index in [9.17, 15) is 4.91 Å². The highest BCUT2D eigenvalue weighted by Gasteiger charge is 2.20. The molecule has 0 saturated heterocycles. The maximum Gasteiger partial charge on any atom is 0.125 e. The predicted molar refractivity (Wildman–Crippen MR) is 91.3 cm³/mol. The first-order valence-electron chi connectivity index (χ1n) is 6.77. The van der Waals surface area contributed by atoms with E-state index in [2.05, 4.69) is 31.3 Å². The second-order valence-electron chi connectivity index (χ2n) is 5.04. The Morgan fingerprint density at radius 1 is 1.00 bits per heavy atom. The molecule has 1 N–H and O–H groups in total. The molecule has 2 aromatic carbocycles. The number of nitrogens with zero attached hydrogens (tertiary/aromatic N) is 2. The van der Waals surface area contributed by atoms with Crippen molar-refractivity contribution in [2.24, 2.45) is 5.18 Å². The molecule has 106 valence electrons. The van der Waals surface area contributed by atoms with Gasteiger partial charge in [-0.2, -0.15) is 5.10 Å². The molecule has 0 radical (unpaired) electrons. The number of nitrogens with one attached hydrogen (secondary N) is 1. The molecule has 4 rings (SSSR count). The van der Waals surface area contributed by atoms with E-state index in [4.69, 9.17) is 0 Å². The van der Waals surface area contributed by atoms with Crippen LogP contribution in [0.15, 0.2) is 64.2 Å². The number of H-pyrrole nitrogens is 1. The number of nitroso groups, excluding NO2 is 1. The van der Waals surface area contributed by atoms with E-state index in [-0.39, 0.29) is 0 Å². The lowest BCUT2D eigenvalue weighted by molar-refractivity contribution is 1.05. The summed E-state index contributed by atoms with van der Waals surface area (Å²) >= 11 is 3.42. The molecule has 1 heterocycles. The maximum atomic E-state index is 11.3. The summed E-state index contributed by atoms with van der Waals surface area (Å²) in [5.74, 6) is 0. The highest BCUT2D eigenvalue weighted by atomic mass is 79.9. The lowest BCUT2D eigenvalue weighted by Crippen LogP contribution is -1.91. The third-order valence-corrected chi connectivity index (χ3v) is 4.30. The topological polar surface area (TPSA) is 58.1 Å². The molecule has 0 unspecified atom stereocenters. The number of fused-ring (bicyclic) bond motifs is 3. The molecule has 0 amide bonds. The minimum absolute atomic E-state index is 0.450. The van der Waals surface area contributed by atoms with E-state index < -0.39 is 0 Å². The van der Waals surface area contributed by atoms with Gasteiger partial charge in [0.2, 0.25) is 0 Å². The molecule has 4 nitrogen and oxygen atoms in total. The Balaban J connectivity index is 2.01. The van der Waals surface area contributed by atoms with Crippen molar-refractivity contribution in [2.45, 2.75) is 0 Å². The Bertz CT molecular complexity index is 960. The quantitative estimate of drug-likeness (QED) is 0.485. The van der Waals surface area contributed by atoms with Gasteiger partial charge in [0.25, 0.3) is 0 Å². The zero-order valence-electron chi connectivity index (χ0n) is 11.4. The van der Waals surface area contributed by atoms with Crippen molar-refractivity contribution >= 4 is 32.4 Å². The molecule has 0 atom stereocenters. The van der Waals surface area contributed by atoms with Crippen molar-refractivity contribution in [2.75, 3.05) is 0 Å². The van der Waals surface area contributed by atoms with Crippen molar-refractivity contribution in [3.05, 3.63) is 64.0 Å². The van der Waals surface area contributed by atoms with Crippen molar-refractivity contribution in [3.8, 4) is 22.5 Å². The Hall–Kier alpha value is -2.53. The second kappa shape index (κ2) is 5.03. The van der Waals surface area contributed by atoms with Gasteiger partial charge in [-0.25, -0.2) is 0 Å². The van der Waals surface area contributed by atoms with Crippen LogP contribution >= 0.6 is 15.9 Å². The molecule has 22 heavy (non-hydrogen) atoms. The fourth-order valence-corrected chi connectivity index (χ4v) is 2.99. The smallest absolute Gasteiger partial charge is 0.125 e. The SMILES string of the molecule is O=Nc1c2cc(-c3ccc(Br)cc3)[nH]nc-2c2ccccc12. The molecular weight excluding hydrogens is 342 g/mol. The van der Waals surface area contributed by atoms with E-state index in [1.54, 1.807) is 0 Å². The molecule has 5 heteroatoms. The molecule has 0 fully saturated rings. The number of hydrogen-bond donors (Lipinski definition) is 1. The highest BCUT2D eigenvalue weighted by molar-refractivity contribution is 9.10. The molecule has 0 spiro atoms. The van der Waals surface area contributed by atoms with Gasteiger partial charge in [-0.3, -0.25) is 5.10 Å². The van der Waals surface area contributed by atoms with E-state index in [0.717, 1.165) is 37.8 Å². The first kappa shape index (κ1) is 13.2. The minimum Gasteiger partial charge on any atom is -0.277 e. The van der Waals surface area contributed by atoms with Crippen LogP contribution in [0.4, 0.5) is 5.69 Å². The van der Waals surface area contributed by atoms with E-state index in [1.807, 2.05) is 54.6 Å². The zero-order chi connectivity index (χ0) is 15.1. The van der Waals surface area contributed by atoms with Crippen molar-refractivity contribution in [1.29, 1.82) is 0 Å². The van der Waals surface area contributed by atoms with Crippen LogP contribution in [0.2, 0.25) is 0 Å². The van der Waals surface area contributed by atoms with Crippen molar-refractivity contribution in [1.82, 2.24) is 10.2 Å². The van der Waals surface area contributed by atoms with Crippen molar-refractivity contribution < 1.29 is 0 Å². The molecule has 0 bridgehead atoms. The number of rotatable bonds is 2. The number of aromatic nitrogens is 2. The summed E-state index contributed by atoms with van der Waals surface area (Å²) < 4.78 is 1.01. The van der Waals surface area contributed by atoms with Crippen LogP contribution < -0.4 is 0 Å². The van der Waals surface area contributed by atoms with Crippen LogP contribution in [-0.4, -0.2) is 10.2 Å². The number of aromatic amines is 1. The summed E-state index contributed by atoms with van der Waals surface area (Å²) in [6.07, 6.45) is 0. The van der Waals surface area contributed by atoms with Gasteiger partial charge < -0.3 is 0 Å². The van der Waals surface area contributed by atoms with Crippen molar-refractivity contribution in [3.63, 3.8) is 0 Å². The number of hydrogen-bond acceptors (Lipinski definition) is 3. The summed E-state index contributed by atoms with van der Waals surface area (Å²) in [5.41, 5.74) is 3.84. The molecule has 2 aromatic rings. The lowest BCUT2D eigenvalue weighted by atomic mass is 10.1. The fourth-order valence-electron chi connectivity index (χ4n) is 2.72.